The minimum Gasteiger partial charge on any atom is -0.506 e. The lowest BCUT2D eigenvalue weighted by Crippen LogP contribution is -2.15. The first kappa shape index (κ1) is 11.2. The largest absolute Gasteiger partial charge is 0.506 e. The van der Waals surface area contributed by atoms with Crippen molar-refractivity contribution < 1.29 is 19.1 Å². The van der Waals surface area contributed by atoms with Crippen LogP contribution in [-0.4, -0.2) is 16.7 Å². The highest BCUT2D eigenvalue weighted by atomic mass is 16.4. The summed E-state index contributed by atoms with van der Waals surface area (Å²) >= 11 is 0. The molecule has 1 N–H and O–H groups in total. The van der Waals surface area contributed by atoms with Crippen molar-refractivity contribution in [3.05, 3.63) is 27.3 Å². The fourth-order valence-electron chi connectivity index (χ4n) is 1.35. The number of hydrogen-bond acceptors (Lipinski definition) is 5. The number of aryl methyl sites for hydroxylation is 1. The standard InChI is InChI=1S/C10H10O5/c1-4(11)7-6(3)15-10(14)8(5(2)12)9(7)13/h13H,1-3H3. The molecule has 1 heterocycles. The lowest BCUT2D eigenvalue weighted by molar-refractivity contribution is 0.100. The van der Waals surface area contributed by atoms with Crippen LogP contribution in [0.1, 0.15) is 40.3 Å². The Labute approximate surface area is 85.3 Å². The van der Waals surface area contributed by atoms with Crippen LogP contribution >= 0.6 is 0 Å². The summed E-state index contributed by atoms with van der Waals surface area (Å²) in [6.07, 6.45) is 0. The summed E-state index contributed by atoms with van der Waals surface area (Å²) < 4.78 is 4.69. The average molecular weight is 210 g/mol. The molecule has 1 rings (SSSR count). The van der Waals surface area contributed by atoms with Gasteiger partial charge in [-0.2, -0.15) is 0 Å². The van der Waals surface area contributed by atoms with Crippen LogP contribution in [0.4, 0.5) is 0 Å². The Bertz CT molecular complexity index is 495. The van der Waals surface area contributed by atoms with Gasteiger partial charge >= 0.3 is 5.63 Å². The first-order valence-electron chi connectivity index (χ1n) is 4.24. The smallest absolute Gasteiger partial charge is 0.350 e. The van der Waals surface area contributed by atoms with Crippen molar-refractivity contribution in [2.24, 2.45) is 0 Å². The number of rotatable bonds is 2. The van der Waals surface area contributed by atoms with Crippen molar-refractivity contribution in [2.45, 2.75) is 20.8 Å². The van der Waals surface area contributed by atoms with Gasteiger partial charge in [0, 0.05) is 0 Å². The van der Waals surface area contributed by atoms with Crippen LogP contribution in [0.25, 0.3) is 0 Å². The van der Waals surface area contributed by atoms with E-state index in [1.54, 1.807) is 0 Å². The van der Waals surface area contributed by atoms with E-state index in [2.05, 4.69) is 4.42 Å². The molecule has 0 aromatic carbocycles. The molecule has 0 fully saturated rings. The zero-order valence-electron chi connectivity index (χ0n) is 8.58. The highest BCUT2D eigenvalue weighted by Gasteiger charge is 2.22. The number of hydrogen-bond donors (Lipinski definition) is 1. The molecule has 0 bridgehead atoms. The van der Waals surface area contributed by atoms with Gasteiger partial charge in [0.15, 0.2) is 11.6 Å². The lowest BCUT2D eigenvalue weighted by Gasteiger charge is -2.05. The second-order valence-corrected chi connectivity index (χ2v) is 3.16. The molecule has 0 aliphatic heterocycles. The van der Waals surface area contributed by atoms with E-state index < -0.39 is 28.5 Å². The molecule has 15 heavy (non-hydrogen) atoms. The van der Waals surface area contributed by atoms with E-state index in [1.807, 2.05) is 0 Å². The number of aromatic hydroxyl groups is 1. The predicted octanol–water partition coefficient (Wildman–Crippen LogP) is 1.06. The van der Waals surface area contributed by atoms with Crippen molar-refractivity contribution >= 4 is 11.6 Å². The first-order valence-corrected chi connectivity index (χ1v) is 4.24. The second kappa shape index (κ2) is 3.68. The lowest BCUT2D eigenvalue weighted by atomic mass is 10.1. The van der Waals surface area contributed by atoms with Gasteiger partial charge in [-0.15, -0.1) is 0 Å². The van der Waals surface area contributed by atoms with Crippen molar-refractivity contribution in [1.29, 1.82) is 0 Å². The van der Waals surface area contributed by atoms with E-state index in [1.165, 1.54) is 13.8 Å². The molecule has 0 atom stereocenters. The van der Waals surface area contributed by atoms with Crippen molar-refractivity contribution in [2.75, 3.05) is 0 Å². The third-order valence-electron chi connectivity index (χ3n) is 1.98. The molecule has 0 aliphatic rings. The van der Waals surface area contributed by atoms with Crippen LogP contribution in [0.15, 0.2) is 9.21 Å². The Morgan fingerprint density at radius 3 is 2.00 bits per heavy atom. The highest BCUT2D eigenvalue weighted by Crippen LogP contribution is 2.23. The molecule has 0 unspecified atom stereocenters. The van der Waals surface area contributed by atoms with E-state index in [0.717, 1.165) is 6.92 Å². The fraction of sp³-hybridized carbons (Fsp3) is 0.300. The monoisotopic (exact) mass is 210 g/mol. The molecule has 0 radical (unpaired) electrons. The maximum atomic E-state index is 11.2. The normalized spacial score (nSPS) is 10.1. The Balaban J connectivity index is 3.72. The van der Waals surface area contributed by atoms with Gasteiger partial charge < -0.3 is 9.52 Å². The molecule has 1 aromatic heterocycles. The summed E-state index contributed by atoms with van der Waals surface area (Å²) in [5, 5.41) is 9.59. The van der Waals surface area contributed by atoms with Crippen molar-refractivity contribution in [3.8, 4) is 5.75 Å². The van der Waals surface area contributed by atoms with Crippen LogP contribution in [0, 0.1) is 6.92 Å². The van der Waals surface area contributed by atoms with Gasteiger partial charge in [0.25, 0.3) is 0 Å². The van der Waals surface area contributed by atoms with Gasteiger partial charge in [0.2, 0.25) is 0 Å². The molecular weight excluding hydrogens is 200 g/mol. The maximum Gasteiger partial charge on any atom is 0.350 e. The van der Waals surface area contributed by atoms with Crippen molar-refractivity contribution in [1.82, 2.24) is 0 Å². The highest BCUT2D eigenvalue weighted by molar-refractivity contribution is 6.03. The molecule has 0 saturated carbocycles. The quantitative estimate of drug-likeness (QED) is 0.737. The van der Waals surface area contributed by atoms with Gasteiger partial charge in [0.1, 0.15) is 17.1 Å². The molecule has 0 spiro atoms. The van der Waals surface area contributed by atoms with E-state index in [4.69, 9.17) is 0 Å². The van der Waals surface area contributed by atoms with E-state index in [0.29, 0.717) is 0 Å². The molecule has 0 aliphatic carbocycles. The number of carbonyl (C=O) groups is 2. The predicted molar refractivity (Wildman–Crippen MR) is 51.4 cm³/mol. The Morgan fingerprint density at radius 2 is 1.60 bits per heavy atom. The van der Waals surface area contributed by atoms with Crippen LogP contribution in [0.2, 0.25) is 0 Å². The van der Waals surface area contributed by atoms with Gasteiger partial charge in [-0.1, -0.05) is 0 Å². The van der Waals surface area contributed by atoms with Crippen molar-refractivity contribution in [3.63, 3.8) is 0 Å². The number of Topliss-reactive ketones (excluding diaryl/α,β-unsaturated/α-hetero) is 2. The van der Waals surface area contributed by atoms with Crippen LogP contribution < -0.4 is 5.63 Å². The summed E-state index contributed by atoms with van der Waals surface area (Å²) in [5.74, 6) is -1.68. The SMILES string of the molecule is CC(=O)c1c(C)oc(=O)c(C(C)=O)c1O. The molecule has 0 saturated heterocycles. The summed E-state index contributed by atoms with van der Waals surface area (Å²) in [4.78, 5) is 33.4. The Hall–Kier alpha value is -1.91. The summed E-state index contributed by atoms with van der Waals surface area (Å²) in [6, 6.07) is 0. The molecular formula is C10H10O5. The molecule has 80 valence electrons. The molecule has 5 heteroatoms. The minimum absolute atomic E-state index is 0.00926. The van der Waals surface area contributed by atoms with E-state index in [9.17, 15) is 19.5 Å². The third kappa shape index (κ3) is 1.81. The summed E-state index contributed by atoms with van der Waals surface area (Å²) in [7, 11) is 0. The van der Waals surface area contributed by atoms with Gasteiger partial charge in [-0.3, -0.25) is 9.59 Å². The summed E-state index contributed by atoms with van der Waals surface area (Å²) in [5.41, 5.74) is -1.53. The van der Waals surface area contributed by atoms with Gasteiger partial charge in [0.05, 0.1) is 5.56 Å². The number of carbonyl (C=O) groups excluding carboxylic acids is 2. The molecule has 1 aromatic rings. The Kier molecular flexibility index (Phi) is 2.74. The van der Waals surface area contributed by atoms with E-state index in [-0.39, 0.29) is 11.3 Å². The van der Waals surface area contributed by atoms with Crippen LogP contribution in [-0.2, 0) is 0 Å². The van der Waals surface area contributed by atoms with Crippen LogP contribution in [0.3, 0.4) is 0 Å². The van der Waals surface area contributed by atoms with Crippen LogP contribution in [0.5, 0.6) is 5.75 Å². The first-order chi connectivity index (χ1) is 6.86. The second-order valence-electron chi connectivity index (χ2n) is 3.16. The zero-order valence-corrected chi connectivity index (χ0v) is 8.58. The molecule has 0 amide bonds. The zero-order chi connectivity index (χ0) is 11.7. The van der Waals surface area contributed by atoms with Gasteiger partial charge in [-0.25, -0.2) is 4.79 Å². The average Bonchev–Trinajstić information content (AvgIpc) is 1.99. The molecule has 5 nitrogen and oxygen atoms in total. The topological polar surface area (TPSA) is 84.6 Å². The summed E-state index contributed by atoms with van der Waals surface area (Å²) in [6.45, 7) is 3.71. The number of ketones is 2. The van der Waals surface area contributed by atoms with Gasteiger partial charge in [-0.05, 0) is 20.8 Å². The maximum absolute atomic E-state index is 11.2. The Morgan fingerprint density at radius 1 is 1.13 bits per heavy atom. The fourth-order valence-corrected chi connectivity index (χ4v) is 1.35. The minimum atomic E-state index is -0.928. The third-order valence-corrected chi connectivity index (χ3v) is 1.98. The van der Waals surface area contributed by atoms with E-state index >= 15 is 0 Å².